The molecule has 2 heterocycles. The Morgan fingerprint density at radius 1 is 1.31 bits per heavy atom. The number of esters is 1. The minimum atomic E-state index is -4.49. The van der Waals surface area contributed by atoms with Gasteiger partial charge < -0.3 is 24.2 Å². The summed E-state index contributed by atoms with van der Waals surface area (Å²) in [5.74, 6) is -1.82. The molecule has 15 nitrogen and oxygen atoms in total. The molecule has 2 aliphatic heterocycles. The van der Waals surface area contributed by atoms with Gasteiger partial charge in [0.15, 0.2) is 12.0 Å². The number of nitrogens with zero attached hydrogens (tertiary/aromatic N) is 4. The number of carbonyl (C=O) groups is 3. The van der Waals surface area contributed by atoms with Crippen LogP contribution in [-0.2, 0) is 32.9 Å². The number of para-hydroxylation sites is 1. The molecule has 0 spiro atoms. The number of carbonyl (C=O) groups excluding carboxylic acids is 3. The molecule has 1 aromatic rings. The third kappa shape index (κ3) is 7.02. The lowest BCUT2D eigenvalue weighted by molar-refractivity contribution is -0.159. The number of aliphatic hydroxyl groups excluding tert-OH is 2. The second-order valence-electron chi connectivity index (χ2n) is 9.20. The number of allylic oxidation sites excluding steroid dienone is 1. The fraction of sp³-hybridized carbons (Fsp3) is 0.522. The van der Waals surface area contributed by atoms with Gasteiger partial charge in [0.05, 0.1) is 19.1 Å². The van der Waals surface area contributed by atoms with Gasteiger partial charge in [-0.15, -0.1) is 0 Å². The SMILES string of the molecule is CC1=CN([C@@H]2O[C@@](COP(=O)(N[C@@H](C)C(=O)OC(C)C)Oc3ccccc3)(N=[N+]=[N-])[C@@H](O)[C@H]2O)C(=O)CC1=O. The molecule has 0 saturated carbocycles. The van der Waals surface area contributed by atoms with E-state index < -0.39 is 74.7 Å². The molecule has 1 fully saturated rings. The van der Waals surface area contributed by atoms with Crippen LogP contribution in [0.25, 0.3) is 10.4 Å². The van der Waals surface area contributed by atoms with Crippen molar-refractivity contribution in [2.45, 2.75) is 70.4 Å². The summed E-state index contributed by atoms with van der Waals surface area (Å²) in [6, 6.07) is 6.62. The van der Waals surface area contributed by atoms with Crippen LogP contribution in [0.1, 0.15) is 34.1 Å². The van der Waals surface area contributed by atoms with Crippen LogP contribution >= 0.6 is 7.75 Å². The smallest absolute Gasteiger partial charge is 0.459 e. The van der Waals surface area contributed by atoms with Gasteiger partial charge in [-0.3, -0.25) is 23.8 Å². The van der Waals surface area contributed by atoms with Crippen molar-refractivity contribution in [3.8, 4) is 5.75 Å². The van der Waals surface area contributed by atoms with Crippen LogP contribution in [0, 0.1) is 0 Å². The van der Waals surface area contributed by atoms with Gasteiger partial charge in [0.1, 0.15) is 24.0 Å². The number of amides is 1. The molecular weight excluding hydrogens is 537 g/mol. The van der Waals surface area contributed by atoms with Crippen LogP contribution in [0.4, 0.5) is 0 Å². The summed E-state index contributed by atoms with van der Waals surface area (Å²) < 4.78 is 35.6. The number of rotatable bonds is 11. The average molecular weight is 567 g/mol. The third-order valence-corrected chi connectivity index (χ3v) is 7.35. The quantitative estimate of drug-likeness (QED) is 0.0878. The van der Waals surface area contributed by atoms with Crippen molar-refractivity contribution in [1.82, 2.24) is 9.99 Å². The standard InChI is InChI=1S/C23H30N5O10P/c1-13(2)36-22(33)15(4)25-39(34,38-16-8-6-5-7-9-16)35-12-23(26-27-24)20(32)19(31)21(37-23)28-11-14(3)17(29)10-18(28)30/h5-9,11,13,15,19-21,31-32H,10,12H2,1-4H3,(H,25,34)/t15-,19+,20-,21+,23+,39?/m0/s1. The number of azide groups is 1. The van der Waals surface area contributed by atoms with E-state index in [1.165, 1.54) is 26.0 Å². The molecule has 0 radical (unpaired) electrons. The average Bonchev–Trinajstić information content (AvgIpc) is 3.11. The van der Waals surface area contributed by atoms with Gasteiger partial charge in [0, 0.05) is 16.7 Å². The van der Waals surface area contributed by atoms with E-state index in [9.17, 15) is 34.7 Å². The van der Waals surface area contributed by atoms with Crippen LogP contribution < -0.4 is 9.61 Å². The Balaban J connectivity index is 1.89. The number of aliphatic hydroxyl groups is 2. The van der Waals surface area contributed by atoms with Crippen molar-refractivity contribution in [2.24, 2.45) is 5.11 Å². The Labute approximate surface area is 223 Å². The number of nitrogens with one attached hydrogen (secondary N) is 1. The summed E-state index contributed by atoms with van der Waals surface area (Å²) in [6.45, 7) is 5.13. The summed E-state index contributed by atoms with van der Waals surface area (Å²) in [4.78, 5) is 40.3. The van der Waals surface area contributed by atoms with E-state index >= 15 is 0 Å². The van der Waals surface area contributed by atoms with Gasteiger partial charge >= 0.3 is 13.7 Å². The summed E-state index contributed by atoms with van der Waals surface area (Å²) in [6.07, 6.45) is -5.17. The van der Waals surface area contributed by atoms with E-state index in [1.807, 2.05) is 0 Å². The molecule has 1 saturated heterocycles. The van der Waals surface area contributed by atoms with E-state index in [-0.39, 0.29) is 11.3 Å². The molecule has 2 aliphatic rings. The number of ketones is 1. The number of Topliss-reactive ketones (excluding diaryl/α,β-unsaturated/α-hetero) is 1. The zero-order valence-electron chi connectivity index (χ0n) is 21.7. The normalized spacial score (nSPS) is 27.4. The Bertz CT molecular complexity index is 1220. The Kier molecular flexibility index (Phi) is 9.51. The van der Waals surface area contributed by atoms with Crippen molar-refractivity contribution in [3.05, 3.63) is 52.5 Å². The summed E-state index contributed by atoms with van der Waals surface area (Å²) in [7, 11) is -4.49. The zero-order valence-corrected chi connectivity index (χ0v) is 22.6. The maximum Gasteiger partial charge on any atom is 0.459 e. The van der Waals surface area contributed by atoms with Crippen LogP contribution in [0.15, 0.2) is 47.2 Å². The van der Waals surface area contributed by atoms with E-state index in [0.717, 1.165) is 11.1 Å². The predicted octanol–water partition coefficient (Wildman–Crippen LogP) is 1.91. The minimum Gasteiger partial charge on any atom is -0.462 e. The van der Waals surface area contributed by atoms with Crippen molar-refractivity contribution in [2.75, 3.05) is 6.61 Å². The predicted molar refractivity (Wildman–Crippen MR) is 133 cm³/mol. The highest BCUT2D eigenvalue weighted by molar-refractivity contribution is 7.52. The second kappa shape index (κ2) is 12.3. The second-order valence-corrected chi connectivity index (χ2v) is 10.9. The highest BCUT2D eigenvalue weighted by atomic mass is 31.2. The van der Waals surface area contributed by atoms with Crippen LogP contribution in [0.5, 0.6) is 5.75 Å². The monoisotopic (exact) mass is 567 g/mol. The Morgan fingerprint density at radius 2 is 1.97 bits per heavy atom. The van der Waals surface area contributed by atoms with E-state index in [1.54, 1.807) is 32.0 Å². The topological polar surface area (TPSA) is 210 Å². The van der Waals surface area contributed by atoms with Crippen molar-refractivity contribution >= 4 is 25.4 Å². The molecule has 3 N–H and O–H groups in total. The molecule has 6 atom stereocenters. The fourth-order valence-corrected chi connectivity index (χ4v) is 5.26. The molecule has 212 valence electrons. The van der Waals surface area contributed by atoms with Crippen molar-refractivity contribution in [1.29, 1.82) is 0 Å². The molecule has 0 aromatic heterocycles. The largest absolute Gasteiger partial charge is 0.462 e. The first kappa shape index (κ1) is 30.3. The summed E-state index contributed by atoms with van der Waals surface area (Å²) >= 11 is 0. The number of ether oxygens (including phenoxy) is 2. The lowest BCUT2D eigenvalue weighted by Gasteiger charge is -2.32. The molecular formula is C23H30N5O10P. The Morgan fingerprint density at radius 3 is 2.59 bits per heavy atom. The van der Waals surface area contributed by atoms with Crippen LogP contribution in [-0.4, -0.2) is 75.7 Å². The molecule has 0 aliphatic carbocycles. The minimum absolute atomic E-state index is 0.0885. The maximum absolute atomic E-state index is 13.8. The number of hydrogen-bond donors (Lipinski definition) is 3. The van der Waals surface area contributed by atoms with Gasteiger partial charge in [-0.25, -0.2) is 4.57 Å². The van der Waals surface area contributed by atoms with E-state index in [4.69, 9.17) is 18.5 Å². The molecule has 1 unspecified atom stereocenters. The van der Waals surface area contributed by atoms with Gasteiger partial charge in [-0.05, 0) is 45.4 Å². The summed E-state index contributed by atoms with van der Waals surface area (Å²) in [5, 5.41) is 27.4. The lowest BCUT2D eigenvalue weighted by Crippen LogP contribution is -2.47. The molecule has 39 heavy (non-hydrogen) atoms. The molecule has 16 heteroatoms. The first-order chi connectivity index (χ1) is 18.3. The van der Waals surface area contributed by atoms with Gasteiger partial charge in [0.2, 0.25) is 11.6 Å². The zero-order chi connectivity index (χ0) is 29.0. The van der Waals surface area contributed by atoms with Crippen molar-refractivity contribution < 1.29 is 47.7 Å². The molecule has 1 amide bonds. The first-order valence-electron chi connectivity index (χ1n) is 11.9. The lowest BCUT2D eigenvalue weighted by atomic mass is 10.0. The van der Waals surface area contributed by atoms with Crippen LogP contribution in [0.3, 0.4) is 0 Å². The summed E-state index contributed by atoms with van der Waals surface area (Å²) in [5.41, 5.74) is 7.02. The number of hydrogen-bond acceptors (Lipinski definition) is 11. The fourth-order valence-electron chi connectivity index (χ4n) is 3.75. The highest BCUT2D eigenvalue weighted by Crippen LogP contribution is 2.47. The molecule has 3 rings (SSSR count). The van der Waals surface area contributed by atoms with E-state index in [0.29, 0.717) is 0 Å². The van der Waals surface area contributed by atoms with Gasteiger partial charge in [-0.2, -0.15) is 5.09 Å². The first-order valence-corrected chi connectivity index (χ1v) is 13.5. The number of benzene rings is 1. The van der Waals surface area contributed by atoms with Crippen LogP contribution in [0.2, 0.25) is 0 Å². The highest BCUT2D eigenvalue weighted by Gasteiger charge is 2.58. The Hall–Kier alpha value is -3.29. The molecule has 0 bridgehead atoms. The maximum atomic E-state index is 13.8. The molecule has 1 aromatic carbocycles. The third-order valence-electron chi connectivity index (χ3n) is 5.73. The van der Waals surface area contributed by atoms with Crippen molar-refractivity contribution in [3.63, 3.8) is 0 Å². The van der Waals surface area contributed by atoms with E-state index in [2.05, 4.69) is 15.1 Å². The van der Waals surface area contributed by atoms with Gasteiger partial charge in [-0.1, -0.05) is 23.3 Å². The van der Waals surface area contributed by atoms with Gasteiger partial charge in [0.25, 0.3) is 0 Å².